The second-order valence-electron chi connectivity index (χ2n) is 8.84. The SMILES string of the molecule is C=CC(=O)OCCCCOc1ccc2c(ccc3cc(C(=O)Sc4ccc(OC(=O)C(=C)C)cc4)ccc32)c1. The lowest BCUT2D eigenvalue weighted by molar-refractivity contribution is -0.138. The maximum absolute atomic E-state index is 13.0. The standard InChI is InChI=1S/C32H28O6S/c1-4-30(33)37-18-6-5-17-36-26-12-16-29-23(20-26)8-7-22-19-24(9-15-28(22)29)32(35)39-27-13-10-25(11-14-27)38-31(34)21(2)3/h4,7-16,19-20H,1-2,5-6,17-18H2,3H3. The third-order valence-electron chi connectivity index (χ3n) is 5.85. The van der Waals surface area contributed by atoms with E-state index in [4.69, 9.17) is 14.2 Å². The number of unbranched alkanes of at least 4 members (excludes halogenated alkanes) is 1. The maximum atomic E-state index is 13.0. The Balaban J connectivity index is 1.38. The molecular formula is C32H28O6S. The minimum atomic E-state index is -0.486. The second kappa shape index (κ2) is 12.9. The summed E-state index contributed by atoms with van der Waals surface area (Å²) in [5.74, 6) is 0.272. The molecule has 0 aromatic heterocycles. The summed E-state index contributed by atoms with van der Waals surface area (Å²) in [6.07, 6.45) is 2.63. The summed E-state index contributed by atoms with van der Waals surface area (Å²) in [6, 6.07) is 22.5. The number of rotatable bonds is 11. The van der Waals surface area contributed by atoms with Gasteiger partial charge in [-0.25, -0.2) is 9.59 Å². The monoisotopic (exact) mass is 540 g/mol. The van der Waals surface area contributed by atoms with Gasteiger partial charge in [-0.05, 0) is 102 Å². The minimum Gasteiger partial charge on any atom is -0.494 e. The van der Waals surface area contributed by atoms with E-state index < -0.39 is 11.9 Å². The molecule has 0 saturated carbocycles. The van der Waals surface area contributed by atoms with Crippen LogP contribution in [0.15, 0.2) is 102 Å². The van der Waals surface area contributed by atoms with E-state index in [0.29, 0.717) is 36.5 Å². The van der Waals surface area contributed by atoms with Crippen LogP contribution in [0.4, 0.5) is 0 Å². The summed E-state index contributed by atoms with van der Waals surface area (Å²) in [6.45, 7) is 9.39. The average Bonchev–Trinajstić information content (AvgIpc) is 2.95. The number of esters is 2. The van der Waals surface area contributed by atoms with Gasteiger partial charge in [-0.3, -0.25) is 4.79 Å². The van der Waals surface area contributed by atoms with Gasteiger partial charge in [-0.2, -0.15) is 0 Å². The van der Waals surface area contributed by atoms with Crippen LogP contribution in [-0.2, 0) is 14.3 Å². The number of carbonyl (C=O) groups is 3. The largest absolute Gasteiger partial charge is 0.494 e. The summed E-state index contributed by atoms with van der Waals surface area (Å²) in [5.41, 5.74) is 0.919. The highest BCUT2D eigenvalue weighted by Crippen LogP contribution is 2.31. The normalized spacial score (nSPS) is 10.7. The highest BCUT2D eigenvalue weighted by Gasteiger charge is 2.12. The molecule has 0 aliphatic carbocycles. The van der Waals surface area contributed by atoms with Crippen LogP contribution in [0.25, 0.3) is 21.5 Å². The molecule has 0 spiro atoms. The smallest absolute Gasteiger partial charge is 0.338 e. The summed E-state index contributed by atoms with van der Waals surface area (Å²) < 4.78 is 16.0. The average molecular weight is 541 g/mol. The van der Waals surface area contributed by atoms with Crippen molar-refractivity contribution in [3.05, 3.63) is 103 Å². The zero-order chi connectivity index (χ0) is 27.8. The van der Waals surface area contributed by atoms with Crippen LogP contribution >= 0.6 is 11.8 Å². The van der Waals surface area contributed by atoms with E-state index >= 15 is 0 Å². The number of hydrogen-bond donors (Lipinski definition) is 0. The van der Waals surface area contributed by atoms with Crippen LogP contribution in [0.2, 0.25) is 0 Å². The van der Waals surface area contributed by atoms with Gasteiger partial charge in [0.1, 0.15) is 11.5 Å². The van der Waals surface area contributed by atoms with Crippen LogP contribution in [-0.4, -0.2) is 30.3 Å². The molecule has 7 heteroatoms. The van der Waals surface area contributed by atoms with E-state index in [2.05, 4.69) is 13.2 Å². The fourth-order valence-corrected chi connectivity index (χ4v) is 4.56. The molecule has 0 radical (unpaired) electrons. The molecule has 4 aromatic rings. The summed E-state index contributed by atoms with van der Waals surface area (Å²) in [4.78, 5) is 36.4. The van der Waals surface area contributed by atoms with Crippen LogP contribution in [0.5, 0.6) is 11.5 Å². The first-order chi connectivity index (χ1) is 18.8. The van der Waals surface area contributed by atoms with E-state index in [1.54, 1.807) is 31.2 Å². The predicted octanol–water partition coefficient (Wildman–Crippen LogP) is 7.30. The molecule has 0 fully saturated rings. The molecule has 0 aliphatic heterocycles. The predicted molar refractivity (Wildman–Crippen MR) is 154 cm³/mol. The van der Waals surface area contributed by atoms with Gasteiger partial charge in [-0.15, -0.1) is 0 Å². The zero-order valence-corrected chi connectivity index (χ0v) is 22.4. The Morgan fingerprint density at radius 1 is 0.821 bits per heavy atom. The Labute approximate surface area is 231 Å². The minimum absolute atomic E-state index is 0.0771. The van der Waals surface area contributed by atoms with Crippen molar-refractivity contribution < 1.29 is 28.6 Å². The van der Waals surface area contributed by atoms with Crippen molar-refractivity contribution in [3.63, 3.8) is 0 Å². The number of benzene rings is 4. The number of ether oxygens (including phenoxy) is 3. The molecule has 4 rings (SSSR count). The van der Waals surface area contributed by atoms with Crippen molar-refractivity contribution in [2.45, 2.75) is 24.7 Å². The molecule has 0 saturated heterocycles. The van der Waals surface area contributed by atoms with E-state index in [9.17, 15) is 14.4 Å². The molecule has 0 N–H and O–H groups in total. The van der Waals surface area contributed by atoms with E-state index in [1.807, 2.05) is 48.5 Å². The van der Waals surface area contributed by atoms with E-state index in [-0.39, 0.29) is 5.12 Å². The van der Waals surface area contributed by atoms with Gasteiger partial charge < -0.3 is 14.2 Å². The molecule has 0 unspecified atom stereocenters. The number of hydrogen-bond acceptors (Lipinski definition) is 7. The third kappa shape index (κ3) is 7.36. The lowest BCUT2D eigenvalue weighted by Crippen LogP contribution is -2.07. The van der Waals surface area contributed by atoms with Gasteiger partial charge in [0, 0.05) is 22.1 Å². The van der Waals surface area contributed by atoms with Gasteiger partial charge in [0.2, 0.25) is 5.12 Å². The van der Waals surface area contributed by atoms with Crippen molar-refractivity contribution in [1.29, 1.82) is 0 Å². The van der Waals surface area contributed by atoms with Gasteiger partial charge in [-0.1, -0.05) is 37.4 Å². The molecule has 0 bridgehead atoms. The van der Waals surface area contributed by atoms with Gasteiger partial charge >= 0.3 is 11.9 Å². The molecule has 4 aromatic carbocycles. The Morgan fingerprint density at radius 3 is 2.15 bits per heavy atom. The van der Waals surface area contributed by atoms with E-state index in [0.717, 1.165) is 56.4 Å². The Morgan fingerprint density at radius 2 is 1.46 bits per heavy atom. The van der Waals surface area contributed by atoms with Crippen molar-refractivity contribution in [2.75, 3.05) is 13.2 Å². The van der Waals surface area contributed by atoms with Crippen LogP contribution in [0, 0.1) is 0 Å². The van der Waals surface area contributed by atoms with Crippen LogP contribution in [0.1, 0.15) is 30.1 Å². The van der Waals surface area contributed by atoms with Crippen molar-refractivity contribution in [2.24, 2.45) is 0 Å². The molecule has 39 heavy (non-hydrogen) atoms. The molecule has 0 amide bonds. The number of thioether (sulfide) groups is 1. The zero-order valence-electron chi connectivity index (χ0n) is 21.6. The lowest BCUT2D eigenvalue weighted by Gasteiger charge is -2.10. The van der Waals surface area contributed by atoms with E-state index in [1.165, 1.54) is 0 Å². The van der Waals surface area contributed by atoms with Crippen LogP contribution in [0.3, 0.4) is 0 Å². The first-order valence-corrected chi connectivity index (χ1v) is 13.2. The van der Waals surface area contributed by atoms with Crippen molar-refractivity contribution in [1.82, 2.24) is 0 Å². The second-order valence-corrected chi connectivity index (χ2v) is 9.89. The molecule has 0 atom stereocenters. The summed E-state index contributed by atoms with van der Waals surface area (Å²) in [7, 11) is 0. The summed E-state index contributed by atoms with van der Waals surface area (Å²) in [5, 5.41) is 4.06. The first kappa shape index (κ1) is 27.7. The van der Waals surface area contributed by atoms with Crippen molar-refractivity contribution >= 4 is 50.4 Å². The Bertz CT molecular complexity index is 1550. The fourth-order valence-electron chi connectivity index (χ4n) is 3.83. The Kier molecular flexibility index (Phi) is 9.18. The van der Waals surface area contributed by atoms with Gasteiger partial charge in [0.05, 0.1) is 13.2 Å². The maximum Gasteiger partial charge on any atom is 0.338 e. The lowest BCUT2D eigenvalue weighted by atomic mass is 10.0. The number of fused-ring (bicyclic) bond motifs is 3. The molecule has 6 nitrogen and oxygen atoms in total. The highest BCUT2D eigenvalue weighted by molar-refractivity contribution is 8.14. The molecule has 0 heterocycles. The van der Waals surface area contributed by atoms with Gasteiger partial charge in [0.25, 0.3) is 0 Å². The van der Waals surface area contributed by atoms with Gasteiger partial charge in [0.15, 0.2) is 0 Å². The molecule has 198 valence electrons. The third-order valence-corrected chi connectivity index (χ3v) is 6.78. The highest BCUT2D eigenvalue weighted by atomic mass is 32.2. The fraction of sp³-hybridized carbons (Fsp3) is 0.156. The molecule has 0 aliphatic rings. The molecular weight excluding hydrogens is 512 g/mol. The number of carbonyl (C=O) groups excluding carboxylic acids is 3. The quantitative estimate of drug-likeness (QED) is 0.0493. The summed E-state index contributed by atoms with van der Waals surface area (Å²) >= 11 is 1.12. The van der Waals surface area contributed by atoms with Crippen LogP contribution < -0.4 is 9.47 Å². The Hall–Kier alpha value is -4.36. The van der Waals surface area contributed by atoms with Crippen molar-refractivity contribution in [3.8, 4) is 11.5 Å². The topological polar surface area (TPSA) is 78.9 Å². The first-order valence-electron chi connectivity index (χ1n) is 12.4.